The molecule has 0 spiro atoms. The van der Waals surface area contributed by atoms with Gasteiger partial charge in [0.05, 0.1) is 11.3 Å². The van der Waals surface area contributed by atoms with Crippen LogP contribution in [0.15, 0.2) is 67.0 Å². The number of nitrogens with zero attached hydrogens (tertiary/aromatic N) is 3. The lowest BCUT2D eigenvalue weighted by molar-refractivity contribution is 0.0711. The van der Waals surface area contributed by atoms with Crippen molar-refractivity contribution in [2.45, 2.75) is 19.5 Å². The van der Waals surface area contributed by atoms with Crippen LogP contribution in [0.1, 0.15) is 34.6 Å². The first-order valence-corrected chi connectivity index (χ1v) is 8.96. The van der Waals surface area contributed by atoms with Gasteiger partial charge in [-0.3, -0.25) is 4.79 Å². The molecule has 1 aliphatic rings. The molecule has 0 fully saturated rings. The fourth-order valence-corrected chi connectivity index (χ4v) is 3.73. The van der Waals surface area contributed by atoms with Gasteiger partial charge >= 0.3 is 0 Å². The minimum Gasteiger partial charge on any atom is -0.350 e. The van der Waals surface area contributed by atoms with E-state index in [0.717, 1.165) is 28.9 Å². The molecule has 1 aliphatic heterocycles. The maximum absolute atomic E-state index is 12.8. The summed E-state index contributed by atoms with van der Waals surface area (Å²) in [5, 5.41) is 0. The average Bonchev–Trinajstić information content (AvgIpc) is 3.16. The van der Waals surface area contributed by atoms with Crippen LogP contribution in [0.3, 0.4) is 0 Å². The molecule has 0 N–H and O–H groups in total. The molecule has 26 heavy (non-hydrogen) atoms. The van der Waals surface area contributed by atoms with Crippen LogP contribution in [-0.4, -0.2) is 29.5 Å². The van der Waals surface area contributed by atoms with E-state index in [1.807, 2.05) is 43.3 Å². The largest absolute Gasteiger partial charge is 0.350 e. The summed E-state index contributed by atoms with van der Waals surface area (Å²) in [5.74, 6) is 0.0590. The zero-order valence-electron chi connectivity index (χ0n) is 15.4. The first-order valence-electron chi connectivity index (χ1n) is 8.96. The van der Waals surface area contributed by atoms with Crippen molar-refractivity contribution in [3.05, 3.63) is 83.7 Å². The molecule has 2 heterocycles. The molecule has 4 rings (SSSR count). The average molecular weight is 345 g/mol. The molecule has 4 heteroatoms. The van der Waals surface area contributed by atoms with E-state index >= 15 is 0 Å². The van der Waals surface area contributed by atoms with Crippen LogP contribution in [0.4, 0.5) is 5.69 Å². The van der Waals surface area contributed by atoms with Gasteiger partial charge in [-0.05, 0) is 42.3 Å². The van der Waals surface area contributed by atoms with Gasteiger partial charge in [0.15, 0.2) is 0 Å². The summed E-state index contributed by atoms with van der Waals surface area (Å²) in [7, 11) is 3.91. The van der Waals surface area contributed by atoms with Crippen molar-refractivity contribution in [2.75, 3.05) is 19.0 Å². The molecule has 0 bridgehead atoms. The highest BCUT2D eigenvalue weighted by atomic mass is 16.2. The second kappa shape index (κ2) is 6.37. The van der Waals surface area contributed by atoms with Gasteiger partial charge in [0.1, 0.15) is 6.17 Å². The summed E-state index contributed by atoms with van der Waals surface area (Å²) in [6, 6.07) is 18.5. The fraction of sp³-hybridized carbons (Fsp3) is 0.227. The number of hydrogen-bond acceptors (Lipinski definition) is 2. The lowest BCUT2D eigenvalue weighted by atomic mass is 10.0. The van der Waals surface area contributed by atoms with Crippen molar-refractivity contribution >= 4 is 11.6 Å². The van der Waals surface area contributed by atoms with Gasteiger partial charge in [-0.15, -0.1) is 0 Å². The Balaban J connectivity index is 1.69. The third kappa shape index (κ3) is 2.58. The normalized spacial score (nSPS) is 16.7. The van der Waals surface area contributed by atoms with Crippen molar-refractivity contribution in [1.82, 2.24) is 9.47 Å². The molecule has 132 valence electrons. The molecule has 0 saturated heterocycles. The molecule has 1 atom stereocenters. The zero-order chi connectivity index (χ0) is 18.3. The van der Waals surface area contributed by atoms with Crippen LogP contribution in [0.5, 0.6) is 0 Å². The number of aromatic nitrogens is 1. The standard InChI is InChI=1S/C22H23N3O/c1-4-16-9-11-18(12-10-16)25-14-13-17(15-25)21-23(2)20-8-6-5-7-19(20)22(26)24(21)3/h5-15,21H,4H2,1-3H3/t21-/m0/s1. The quantitative estimate of drug-likeness (QED) is 0.709. The number of carbonyl (C=O) groups is 1. The third-order valence-electron chi connectivity index (χ3n) is 5.23. The molecular formula is C22H23N3O. The molecular weight excluding hydrogens is 322 g/mol. The first-order chi connectivity index (χ1) is 12.6. The van der Waals surface area contributed by atoms with Gasteiger partial charge < -0.3 is 14.4 Å². The Labute approximate surface area is 154 Å². The topological polar surface area (TPSA) is 28.5 Å². The van der Waals surface area contributed by atoms with Crippen molar-refractivity contribution in [2.24, 2.45) is 0 Å². The van der Waals surface area contributed by atoms with E-state index in [-0.39, 0.29) is 12.1 Å². The number of benzene rings is 2. The van der Waals surface area contributed by atoms with Gasteiger partial charge in [-0.1, -0.05) is 31.2 Å². The van der Waals surface area contributed by atoms with Gasteiger partial charge in [0, 0.05) is 37.7 Å². The minimum atomic E-state index is -0.117. The SMILES string of the molecule is CCc1ccc(-n2ccc([C@@H]3N(C)C(=O)c4ccccc4N3C)c2)cc1. The number of rotatable bonds is 3. The predicted molar refractivity (Wildman–Crippen MR) is 105 cm³/mol. The second-order valence-electron chi connectivity index (χ2n) is 6.79. The number of amides is 1. The van der Waals surface area contributed by atoms with E-state index in [0.29, 0.717) is 0 Å². The smallest absolute Gasteiger partial charge is 0.257 e. The second-order valence-corrected chi connectivity index (χ2v) is 6.79. The lowest BCUT2D eigenvalue weighted by Gasteiger charge is -2.41. The van der Waals surface area contributed by atoms with Crippen LogP contribution in [0, 0.1) is 0 Å². The Bertz CT molecular complexity index is 942. The summed E-state index contributed by atoms with van der Waals surface area (Å²) < 4.78 is 2.11. The van der Waals surface area contributed by atoms with E-state index in [4.69, 9.17) is 0 Å². The molecule has 4 nitrogen and oxygen atoms in total. The number of para-hydroxylation sites is 1. The van der Waals surface area contributed by atoms with Gasteiger partial charge in [0.2, 0.25) is 0 Å². The highest BCUT2D eigenvalue weighted by Crippen LogP contribution is 2.36. The summed E-state index contributed by atoms with van der Waals surface area (Å²) in [6.45, 7) is 2.16. The summed E-state index contributed by atoms with van der Waals surface area (Å²) >= 11 is 0. The molecule has 2 aromatic carbocycles. The molecule has 0 radical (unpaired) electrons. The minimum absolute atomic E-state index is 0.0590. The van der Waals surface area contributed by atoms with Crippen LogP contribution in [0.2, 0.25) is 0 Å². The maximum atomic E-state index is 12.8. The van der Waals surface area contributed by atoms with Gasteiger partial charge in [-0.25, -0.2) is 0 Å². The van der Waals surface area contributed by atoms with E-state index in [2.05, 4.69) is 59.1 Å². The van der Waals surface area contributed by atoms with E-state index in [1.165, 1.54) is 5.56 Å². The molecule has 0 saturated carbocycles. The van der Waals surface area contributed by atoms with Crippen LogP contribution in [0.25, 0.3) is 5.69 Å². The van der Waals surface area contributed by atoms with Crippen molar-refractivity contribution in [3.8, 4) is 5.69 Å². The lowest BCUT2D eigenvalue weighted by Crippen LogP contribution is -2.45. The van der Waals surface area contributed by atoms with E-state index < -0.39 is 0 Å². The molecule has 0 aliphatic carbocycles. The number of hydrogen-bond donors (Lipinski definition) is 0. The summed E-state index contributed by atoms with van der Waals surface area (Å²) in [6.07, 6.45) is 5.09. The monoisotopic (exact) mass is 345 g/mol. The third-order valence-corrected chi connectivity index (χ3v) is 5.23. The Morgan fingerprint density at radius 3 is 2.38 bits per heavy atom. The Morgan fingerprint density at radius 2 is 1.65 bits per heavy atom. The van der Waals surface area contributed by atoms with E-state index in [9.17, 15) is 4.79 Å². The highest BCUT2D eigenvalue weighted by Gasteiger charge is 2.34. The van der Waals surface area contributed by atoms with Crippen molar-refractivity contribution < 1.29 is 4.79 Å². The number of anilines is 1. The van der Waals surface area contributed by atoms with Crippen LogP contribution in [-0.2, 0) is 6.42 Å². The Morgan fingerprint density at radius 1 is 0.923 bits per heavy atom. The molecule has 0 unspecified atom stereocenters. The van der Waals surface area contributed by atoms with Crippen molar-refractivity contribution in [3.63, 3.8) is 0 Å². The highest BCUT2D eigenvalue weighted by molar-refractivity contribution is 6.01. The van der Waals surface area contributed by atoms with Crippen LogP contribution < -0.4 is 4.90 Å². The first kappa shape index (κ1) is 16.5. The summed E-state index contributed by atoms with van der Waals surface area (Å²) in [5.41, 5.74) is 5.28. The number of fused-ring (bicyclic) bond motifs is 1. The van der Waals surface area contributed by atoms with E-state index in [1.54, 1.807) is 0 Å². The van der Waals surface area contributed by atoms with Gasteiger partial charge in [-0.2, -0.15) is 0 Å². The molecule has 1 amide bonds. The van der Waals surface area contributed by atoms with Crippen LogP contribution >= 0.6 is 0 Å². The zero-order valence-corrected chi connectivity index (χ0v) is 15.4. The summed E-state index contributed by atoms with van der Waals surface area (Å²) in [4.78, 5) is 16.8. The van der Waals surface area contributed by atoms with Crippen molar-refractivity contribution in [1.29, 1.82) is 0 Å². The molecule has 3 aromatic rings. The number of aryl methyl sites for hydroxylation is 1. The predicted octanol–water partition coefficient (Wildman–Crippen LogP) is 4.26. The number of carbonyl (C=O) groups excluding carboxylic acids is 1. The molecule has 1 aromatic heterocycles. The fourth-order valence-electron chi connectivity index (χ4n) is 3.73. The Hall–Kier alpha value is -3.01. The van der Waals surface area contributed by atoms with Gasteiger partial charge in [0.25, 0.3) is 5.91 Å². The maximum Gasteiger partial charge on any atom is 0.257 e. The Kier molecular flexibility index (Phi) is 4.03.